The Hall–Kier alpha value is -0.300. The number of allylic oxidation sites excluding steroid dienone is 1. The van der Waals surface area contributed by atoms with Gasteiger partial charge < -0.3 is 0 Å². The van der Waals surface area contributed by atoms with Gasteiger partial charge in [0.15, 0.2) is 0 Å². The largest absolute Gasteiger partial charge is 0.295 e. The van der Waals surface area contributed by atoms with Crippen molar-refractivity contribution in [1.82, 2.24) is 0 Å². The van der Waals surface area contributed by atoms with Gasteiger partial charge in [0.05, 0.1) is 25.3 Å². The molecule has 0 aromatic heterocycles. The number of rotatable bonds is 7. The molecule has 1 heteroatoms. The van der Waals surface area contributed by atoms with Crippen molar-refractivity contribution in [2.45, 2.75) is 59.9 Å². The predicted octanol–water partition coefficient (Wildman–Crippen LogP) is 3.96. The standard InChI is InChI=1S/C13H28N/c1-6-10-14(11-7-2,12-8-3)13(5)9-4/h6,10,13H,7-9,11-12H2,1-5H3/q+1. The molecular formula is C13H28N+. The Kier molecular flexibility index (Phi) is 6.90. The van der Waals surface area contributed by atoms with E-state index in [1.807, 2.05) is 0 Å². The lowest BCUT2D eigenvalue weighted by atomic mass is 10.1. The van der Waals surface area contributed by atoms with E-state index in [-0.39, 0.29) is 0 Å². The Labute approximate surface area is 90.4 Å². The molecule has 0 aliphatic heterocycles. The quantitative estimate of drug-likeness (QED) is 0.543. The molecule has 1 nitrogen and oxygen atoms in total. The molecule has 84 valence electrons. The smallest absolute Gasteiger partial charge is 0.0917 e. The minimum absolute atomic E-state index is 0.756. The lowest BCUT2D eigenvalue weighted by Gasteiger charge is -2.40. The van der Waals surface area contributed by atoms with Crippen LogP contribution >= 0.6 is 0 Å². The molecule has 0 spiro atoms. The van der Waals surface area contributed by atoms with Crippen LogP contribution in [0.5, 0.6) is 0 Å². The summed E-state index contributed by atoms with van der Waals surface area (Å²) in [6.45, 7) is 14.0. The van der Waals surface area contributed by atoms with E-state index in [1.54, 1.807) is 0 Å². The molecule has 0 rings (SSSR count). The molecular weight excluding hydrogens is 170 g/mol. The SMILES string of the molecule is CC=C[N+](CCC)(CCC)C(C)CC. The van der Waals surface area contributed by atoms with Gasteiger partial charge in [-0.2, -0.15) is 0 Å². The Morgan fingerprint density at radius 2 is 1.57 bits per heavy atom. The van der Waals surface area contributed by atoms with Crippen LogP contribution in [0, 0.1) is 0 Å². The first-order chi connectivity index (χ1) is 6.66. The zero-order valence-corrected chi connectivity index (χ0v) is 10.7. The second kappa shape index (κ2) is 7.05. The fraction of sp³-hybridized carbons (Fsp3) is 0.846. The molecule has 0 N–H and O–H groups in total. The van der Waals surface area contributed by atoms with Crippen LogP contribution in [0.15, 0.2) is 12.3 Å². The van der Waals surface area contributed by atoms with E-state index in [4.69, 9.17) is 0 Å². The third kappa shape index (κ3) is 3.45. The third-order valence-electron chi connectivity index (χ3n) is 3.19. The van der Waals surface area contributed by atoms with E-state index in [0.717, 1.165) is 6.04 Å². The molecule has 0 aromatic rings. The fourth-order valence-electron chi connectivity index (χ4n) is 2.34. The summed E-state index contributed by atoms with van der Waals surface area (Å²) in [6, 6.07) is 0.756. The summed E-state index contributed by atoms with van der Waals surface area (Å²) < 4.78 is 1.18. The second-order valence-electron chi connectivity index (χ2n) is 4.29. The highest BCUT2D eigenvalue weighted by atomic mass is 15.4. The average molecular weight is 198 g/mol. The summed E-state index contributed by atoms with van der Waals surface area (Å²) in [4.78, 5) is 0. The monoisotopic (exact) mass is 198 g/mol. The maximum Gasteiger partial charge on any atom is 0.0917 e. The molecule has 0 bridgehead atoms. The Morgan fingerprint density at radius 1 is 1.07 bits per heavy atom. The number of quaternary nitrogens is 1. The number of hydrogen-bond donors (Lipinski definition) is 0. The van der Waals surface area contributed by atoms with Crippen LogP contribution in [0.1, 0.15) is 53.9 Å². The summed E-state index contributed by atoms with van der Waals surface area (Å²) in [7, 11) is 0. The Bertz CT molecular complexity index is 155. The van der Waals surface area contributed by atoms with E-state index in [1.165, 1.54) is 36.8 Å². The van der Waals surface area contributed by atoms with Crippen LogP contribution in [0.2, 0.25) is 0 Å². The van der Waals surface area contributed by atoms with Crippen molar-refractivity contribution in [2.75, 3.05) is 13.1 Å². The molecule has 1 atom stereocenters. The lowest BCUT2D eigenvalue weighted by Crippen LogP contribution is -2.50. The molecule has 0 saturated carbocycles. The minimum Gasteiger partial charge on any atom is -0.295 e. The van der Waals surface area contributed by atoms with Crippen LogP contribution in [-0.2, 0) is 0 Å². The number of nitrogens with zero attached hydrogens (tertiary/aromatic N) is 1. The van der Waals surface area contributed by atoms with Gasteiger partial charge in [-0.05, 0) is 39.2 Å². The Balaban J connectivity index is 4.71. The second-order valence-corrected chi connectivity index (χ2v) is 4.29. The van der Waals surface area contributed by atoms with Gasteiger partial charge in [0, 0.05) is 0 Å². The van der Waals surface area contributed by atoms with E-state index >= 15 is 0 Å². The molecule has 0 aliphatic rings. The molecule has 0 radical (unpaired) electrons. The minimum atomic E-state index is 0.756. The predicted molar refractivity (Wildman–Crippen MR) is 65.1 cm³/mol. The normalized spacial score (nSPS) is 14.9. The van der Waals surface area contributed by atoms with E-state index in [2.05, 4.69) is 46.9 Å². The first-order valence-corrected chi connectivity index (χ1v) is 6.17. The van der Waals surface area contributed by atoms with Crippen molar-refractivity contribution in [3.8, 4) is 0 Å². The van der Waals surface area contributed by atoms with E-state index in [0.29, 0.717) is 0 Å². The van der Waals surface area contributed by atoms with Gasteiger partial charge in [-0.1, -0.05) is 20.8 Å². The summed E-state index contributed by atoms with van der Waals surface area (Å²) >= 11 is 0. The fourth-order valence-corrected chi connectivity index (χ4v) is 2.34. The van der Waals surface area contributed by atoms with Gasteiger partial charge >= 0.3 is 0 Å². The third-order valence-corrected chi connectivity index (χ3v) is 3.19. The molecule has 0 amide bonds. The zero-order chi connectivity index (χ0) is 11.0. The van der Waals surface area contributed by atoms with Crippen LogP contribution in [0.25, 0.3) is 0 Å². The van der Waals surface area contributed by atoms with Crippen molar-refractivity contribution < 1.29 is 4.48 Å². The first-order valence-electron chi connectivity index (χ1n) is 6.17. The molecule has 0 fully saturated rings. The van der Waals surface area contributed by atoms with Gasteiger partial charge in [-0.3, -0.25) is 4.48 Å². The van der Waals surface area contributed by atoms with Gasteiger partial charge in [0.1, 0.15) is 0 Å². The maximum atomic E-state index is 2.40. The zero-order valence-electron chi connectivity index (χ0n) is 10.7. The highest BCUT2D eigenvalue weighted by Gasteiger charge is 2.28. The average Bonchev–Trinajstić information content (AvgIpc) is 2.17. The molecule has 14 heavy (non-hydrogen) atoms. The van der Waals surface area contributed by atoms with Gasteiger partial charge in [0.25, 0.3) is 0 Å². The maximum absolute atomic E-state index is 2.40. The summed E-state index contributed by atoms with van der Waals surface area (Å²) in [5.41, 5.74) is 0. The van der Waals surface area contributed by atoms with Crippen LogP contribution < -0.4 is 0 Å². The molecule has 0 aromatic carbocycles. The van der Waals surface area contributed by atoms with Crippen molar-refractivity contribution in [1.29, 1.82) is 0 Å². The summed E-state index contributed by atoms with van der Waals surface area (Å²) in [5, 5.41) is 0. The van der Waals surface area contributed by atoms with Crippen molar-refractivity contribution >= 4 is 0 Å². The molecule has 0 saturated heterocycles. The first kappa shape index (κ1) is 13.7. The highest BCUT2D eigenvalue weighted by molar-refractivity contribution is 4.71. The van der Waals surface area contributed by atoms with Crippen LogP contribution in [0.3, 0.4) is 0 Å². The number of hydrogen-bond acceptors (Lipinski definition) is 0. The van der Waals surface area contributed by atoms with Crippen molar-refractivity contribution in [3.63, 3.8) is 0 Å². The van der Waals surface area contributed by atoms with Crippen molar-refractivity contribution in [2.24, 2.45) is 0 Å². The van der Waals surface area contributed by atoms with E-state index in [9.17, 15) is 0 Å². The Morgan fingerprint density at radius 3 is 1.86 bits per heavy atom. The summed E-state index contributed by atoms with van der Waals surface area (Å²) in [6.07, 6.45) is 8.44. The van der Waals surface area contributed by atoms with E-state index < -0.39 is 0 Å². The van der Waals surface area contributed by atoms with Crippen LogP contribution in [0.4, 0.5) is 0 Å². The highest BCUT2D eigenvalue weighted by Crippen LogP contribution is 2.19. The van der Waals surface area contributed by atoms with Gasteiger partial charge in [-0.15, -0.1) is 0 Å². The molecule has 0 heterocycles. The molecule has 0 aliphatic carbocycles. The van der Waals surface area contributed by atoms with Gasteiger partial charge in [0.2, 0.25) is 0 Å². The van der Waals surface area contributed by atoms with Crippen LogP contribution in [-0.4, -0.2) is 23.6 Å². The summed E-state index contributed by atoms with van der Waals surface area (Å²) in [5.74, 6) is 0. The topological polar surface area (TPSA) is 0 Å². The van der Waals surface area contributed by atoms with Gasteiger partial charge in [-0.25, -0.2) is 0 Å². The molecule has 1 unspecified atom stereocenters. The van der Waals surface area contributed by atoms with Crippen molar-refractivity contribution in [3.05, 3.63) is 12.3 Å². The lowest BCUT2D eigenvalue weighted by molar-refractivity contribution is -0.902.